The zero-order valence-corrected chi connectivity index (χ0v) is 12.6. The standard InChI is InChI=1S/C15H18O6/c1-7(2)10-11-8(21-14(10)15(16)17)6-9(18-3)12(19-4)13(11)20-5/h6-7H,1-5H3,(H,16,17). The molecule has 21 heavy (non-hydrogen) atoms. The van der Waals surface area contributed by atoms with Crippen LogP contribution in [0.25, 0.3) is 11.0 Å². The maximum absolute atomic E-state index is 11.4. The van der Waals surface area contributed by atoms with E-state index in [1.54, 1.807) is 6.07 Å². The van der Waals surface area contributed by atoms with Gasteiger partial charge in [-0.15, -0.1) is 0 Å². The fourth-order valence-electron chi connectivity index (χ4n) is 2.46. The Morgan fingerprint density at radius 3 is 2.19 bits per heavy atom. The number of hydrogen-bond donors (Lipinski definition) is 1. The van der Waals surface area contributed by atoms with Gasteiger partial charge in [-0.2, -0.15) is 0 Å². The van der Waals surface area contributed by atoms with Crippen molar-refractivity contribution in [2.24, 2.45) is 0 Å². The Morgan fingerprint density at radius 1 is 1.14 bits per heavy atom. The van der Waals surface area contributed by atoms with Crippen molar-refractivity contribution in [3.63, 3.8) is 0 Å². The topological polar surface area (TPSA) is 78.1 Å². The summed E-state index contributed by atoms with van der Waals surface area (Å²) >= 11 is 0. The van der Waals surface area contributed by atoms with E-state index in [4.69, 9.17) is 18.6 Å². The van der Waals surface area contributed by atoms with Crippen molar-refractivity contribution in [2.75, 3.05) is 21.3 Å². The third-order valence-corrected chi connectivity index (χ3v) is 3.29. The van der Waals surface area contributed by atoms with E-state index in [2.05, 4.69) is 0 Å². The number of rotatable bonds is 5. The molecule has 0 aliphatic carbocycles. The van der Waals surface area contributed by atoms with Gasteiger partial charge in [0.1, 0.15) is 5.58 Å². The smallest absolute Gasteiger partial charge is 0.372 e. The number of carboxylic acid groups (broad SMARTS) is 1. The van der Waals surface area contributed by atoms with Crippen LogP contribution in [0.5, 0.6) is 17.2 Å². The molecule has 1 aromatic carbocycles. The molecule has 1 aromatic heterocycles. The largest absolute Gasteiger partial charge is 0.493 e. The van der Waals surface area contributed by atoms with Gasteiger partial charge in [-0.3, -0.25) is 0 Å². The average Bonchev–Trinajstić information content (AvgIpc) is 2.84. The predicted molar refractivity (Wildman–Crippen MR) is 76.9 cm³/mol. The Labute approximate surface area is 122 Å². The fourth-order valence-corrected chi connectivity index (χ4v) is 2.46. The molecule has 1 N–H and O–H groups in total. The van der Waals surface area contributed by atoms with Crippen molar-refractivity contribution >= 4 is 16.9 Å². The molecule has 0 saturated carbocycles. The molecule has 6 heteroatoms. The molecule has 0 aliphatic rings. The molecule has 0 unspecified atom stereocenters. The molecule has 6 nitrogen and oxygen atoms in total. The number of methoxy groups -OCH3 is 3. The van der Waals surface area contributed by atoms with Gasteiger partial charge in [0, 0.05) is 11.6 Å². The fraction of sp³-hybridized carbons (Fsp3) is 0.400. The van der Waals surface area contributed by atoms with Crippen LogP contribution < -0.4 is 14.2 Å². The maximum Gasteiger partial charge on any atom is 0.372 e. The molecule has 2 rings (SSSR count). The van der Waals surface area contributed by atoms with Gasteiger partial charge in [-0.05, 0) is 5.92 Å². The van der Waals surface area contributed by atoms with E-state index in [1.807, 2.05) is 13.8 Å². The summed E-state index contributed by atoms with van der Waals surface area (Å²) in [7, 11) is 4.49. The van der Waals surface area contributed by atoms with E-state index >= 15 is 0 Å². The van der Waals surface area contributed by atoms with Crippen molar-refractivity contribution < 1.29 is 28.5 Å². The van der Waals surface area contributed by atoms with Crippen LogP contribution in [0, 0.1) is 0 Å². The lowest BCUT2D eigenvalue weighted by molar-refractivity contribution is 0.0662. The summed E-state index contributed by atoms with van der Waals surface area (Å²) in [6, 6.07) is 1.61. The average molecular weight is 294 g/mol. The van der Waals surface area contributed by atoms with Gasteiger partial charge in [0.2, 0.25) is 11.5 Å². The summed E-state index contributed by atoms with van der Waals surface area (Å²) < 4.78 is 21.5. The lowest BCUT2D eigenvalue weighted by atomic mass is 9.98. The van der Waals surface area contributed by atoms with Gasteiger partial charge in [0.05, 0.1) is 26.7 Å². The first kappa shape index (κ1) is 15.0. The molecule has 0 aliphatic heterocycles. The second-order valence-electron chi connectivity index (χ2n) is 4.82. The highest BCUT2D eigenvalue weighted by molar-refractivity contribution is 6.00. The van der Waals surface area contributed by atoms with Crippen LogP contribution in [0.2, 0.25) is 0 Å². The van der Waals surface area contributed by atoms with Gasteiger partial charge < -0.3 is 23.7 Å². The van der Waals surface area contributed by atoms with Gasteiger partial charge in [-0.1, -0.05) is 13.8 Å². The Morgan fingerprint density at radius 2 is 1.76 bits per heavy atom. The first-order valence-electron chi connectivity index (χ1n) is 6.44. The van der Waals surface area contributed by atoms with Crippen LogP contribution in [0.15, 0.2) is 10.5 Å². The Hall–Kier alpha value is -2.37. The number of hydrogen-bond acceptors (Lipinski definition) is 5. The third kappa shape index (κ3) is 2.26. The summed E-state index contributed by atoms with van der Waals surface area (Å²) in [6.07, 6.45) is 0. The molecule has 0 radical (unpaired) electrons. The highest BCUT2D eigenvalue weighted by Crippen LogP contribution is 2.47. The van der Waals surface area contributed by atoms with Crippen molar-refractivity contribution in [3.8, 4) is 17.2 Å². The number of fused-ring (bicyclic) bond motifs is 1. The Balaban J connectivity index is 2.97. The summed E-state index contributed by atoms with van der Waals surface area (Å²) in [5, 5.41) is 9.93. The van der Waals surface area contributed by atoms with E-state index < -0.39 is 5.97 Å². The molecule has 0 spiro atoms. The molecule has 0 amide bonds. The first-order valence-corrected chi connectivity index (χ1v) is 6.44. The Kier molecular flexibility index (Phi) is 3.97. The maximum atomic E-state index is 11.4. The monoisotopic (exact) mass is 294 g/mol. The number of carbonyl (C=O) groups is 1. The second kappa shape index (κ2) is 5.55. The molecule has 2 aromatic rings. The number of carboxylic acids is 1. The molecule has 0 saturated heterocycles. The van der Waals surface area contributed by atoms with Crippen LogP contribution in [0.1, 0.15) is 35.9 Å². The van der Waals surface area contributed by atoms with Gasteiger partial charge in [0.15, 0.2) is 11.5 Å². The zero-order chi connectivity index (χ0) is 15.7. The van der Waals surface area contributed by atoms with Crippen LogP contribution in [0.3, 0.4) is 0 Å². The van der Waals surface area contributed by atoms with E-state index in [-0.39, 0.29) is 11.7 Å². The predicted octanol–water partition coefficient (Wildman–Crippen LogP) is 3.28. The molecular weight excluding hydrogens is 276 g/mol. The highest BCUT2D eigenvalue weighted by atomic mass is 16.5. The second-order valence-corrected chi connectivity index (χ2v) is 4.82. The highest BCUT2D eigenvalue weighted by Gasteiger charge is 2.28. The molecule has 1 heterocycles. The zero-order valence-electron chi connectivity index (χ0n) is 12.6. The van der Waals surface area contributed by atoms with Crippen LogP contribution >= 0.6 is 0 Å². The molecule has 0 atom stereocenters. The summed E-state index contributed by atoms with van der Waals surface area (Å²) in [5.74, 6) is -0.0189. The van der Waals surface area contributed by atoms with Crippen molar-refractivity contribution in [1.82, 2.24) is 0 Å². The van der Waals surface area contributed by atoms with Crippen molar-refractivity contribution in [3.05, 3.63) is 17.4 Å². The number of furan rings is 1. The summed E-state index contributed by atoms with van der Waals surface area (Å²) in [4.78, 5) is 11.4. The van der Waals surface area contributed by atoms with E-state index in [9.17, 15) is 9.90 Å². The Bertz CT molecular complexity index is 683. The molecule has 0 fully saturated rings. The number of ether oxygens (including phenoxy) is 3. The van der Waals surface area contributed by atoms with Gasteiger partial charge in [0.25, 0.3) is 0 Å². The van der Waals surface area contributed by atoms with Crippen molar-refractivity contribution in [2.45, 2.75) is 19.8 Å². The quantitative estimate of drug-likeness (QED) is 0.911. The molecule has 0 bridgehead atoms. The van der Waals surface area contributed by atoms with E-state index in [0.29, 0.717) is 33.8 Å². The lowest BCUT2D eigenvalue weighted by Gasteiger charge is -2.14. The van der Waals surface area contributed by atoms with E-state index in [0.717, 1.165) is 0 Å². The number of aromatic carboxylic acids is 1. The summed E-state index contributed by atoms with van der Waals surface area (Å²) in [5.41, 5.74) is 0.973. The van der Waals surface area contributed by atoms with Gasteiger partial charge in [-0.25, -0.2) is 4.79 Å². The first-order chi connectivity index (χ1) is 9.96. The summed E-state index contributed by atoms with van der Waals surface area (Å²) in [6.45, 7) is 3.79. The molecular formula is C15H18O6. The minimum atomic E-state index is -1.12. The normalized spacial score (nSPS) is 11.0. The minimum absolute atomic E-state index is 0.0515. The lowest BCUT2D eigenvalue weighted by Crippen LogP contribution is -2.01. The third-order valence-electron chi connectivity index (χ3n) is 3.29. The molecule has 114 valence electrons. The van der Waals surface area contributed by atoms with Crippen LogP contribution in [-0.2, 0) is 0 Å². The SMILES string of the molecule is COc1cc2oc(C(=O)O)c(C(C)C)c2c(OC)c1OC. The van der Waals surface area contributed by atoms with E-state index in [1.165, 1.54) is 21.3 Å². The minimum Gasteiger partial charge on any atom is -0.493 e. The van der Waals surface area contributed by atoms with Gasteiger partial charge >= 0.3 is 5.97 Å². The number of benzene rings is 1. The van der Waals surface area contributed by atoms with Crippen LogP contribution in [-0.4, -0.2) is 32.4 Å². The van der Waals surface area contributed by atoms with Crippen molar-refractivity contribution in [1.29, 1.82) is 0 Å². The van der Waals surface area contributed by atoms with Crippen LogP contribution in [0.4, 0.5) is 0 Å².